The molecule has 1 heterocycles. The lowest BCUT2D eigenvalue weighted by atomic mass is 10.2. The molecule has 2 amide bonds. The Morgan fingerprint density at radius 2 is 1.81 bits per heavy atom. The largest absolute Gasteiger partial charge is 0.487 e. The Bertz CT molecular complexity index is 1080. The predicted molar refractivity (Wildman–Crippen MR) is 116 cm³/mol. The van der Waals surface area contributed by atoms with Crippen LogP contribution in [0.2, 0.25) is 5.02 Å². The van der Waals surface area contributed by atoms with Gasteiger partial charge in [0.15, 0.2) is 5.69 Å². The lowest BCUT2D eigenvalue weighted by Crippen LogP contribution is -2.27. The summed E-state index contributed by atoms with van der Waals surface area (Å²) in [6.07, 6.45) is 1.94. The van der Waals surface area contributed by atoms with E-state index in [0.717, 1.165) is 12.8 Å². The number of benzene rings is 2. The number of carbonyl (C=O) groups is 2. The van der Waals surface area contributed by atoms with E-state index in [9.17, 15) is 9.59 Å². The molecule has 3 aromatic rings. The van der Waals surface area contributed by atoms with E-state index in [0.29, 0.717) is 34.3 Å². The molecule has 1 aromatic heterocycles. The van der Waals surface area contributed by atoms with Crippen LogP contribution in [0.15, 0.2) is 48.5 Å². The second-order valence-electron chi connectivity index (χ2n) is 7.19. The van der Waals surface area contributed by atoms with Gasteiger partial charge in [-0.05, 0) is 68.3 Å². The monoisotopic (exact) mass is 439 g/mol. The van der Waals surface area contributed by atoms with E-state index < -0.39 is 0 Å². The number of nitrogens with one attached hydrogen (secondary N) is 2. The zero-order valence-corrected chi connectivity index (χ0v) is 17.7. The maximum Gasteiger partial charge on any atom is 0.274 e. The zero-order chi connectivity index (χ0) is 21.8. The minimum Gasteiger partial charge on any atom is -0.487 e. The number of aromatic nitrogens is 3. The van der Waals surface area contributed by atoms with Crippen molar-refractivity contribution < 1.29 is 14.3 Å². The van der Waals surface area contributed by atoms with Crippen LogP contribution in [0.1, 0.15) is 46.3 Å². The highest BCUT2D eigenvalue weighted by Gasteiger charge is 2.28. The van der Waals surface area contributed by atoms with E-state index in [2.05, 4.69) is 20.9 Å². The van der Waals surface area contributed by atoms with Crippen molar-refractivity contribution in [2.75, 3.05) is 6.54 Å². The van der Waals surface area contributed by atoms with Gasteiger partial charge < -0.3 is 15.4 Å². The third kappa shape index (κ3) is 5.03. The standard InChI is InChI=1S/C22H22ClN5O3/c1-2-24-21(29)14-3-9-17(10-4-14)28-19(13-31-18-11-5-15(23)6-12-18)20(26-27-28)22(30)25-16-7-8-16/h3-6,9-12,16H,2,7-8,13H2,1H3,(H,24,29)(H,25,30). The molecule has 1 fully saturated rings. The summed E-state index contributed by atoms with van der Waals surface area (Å²) in [5.74, 6) is 0.183. The molecule has 160 valence electrons. The summed E-state index contributed by atoms with van der Waals surface area (Å²) in [6, 6.07) is 14.1. The summed E-state index contributed by atoms with van der Waals surface area (Å²) in [5.41, 5.74) is 1.93. The Hall–Kier alpha value is -3.39. The van der Waals surface area contributed by atoms with Crippen molar-refractivity contribution in [3.8, 4) is 11.4 Å². The Balaban J connectivity index is 1.61. The van der Waals surface area contributed by atoms with E-state index in [1.165, 1.54) is 0 Å². The van der Waals surface area contributed by atoms with Gasteiger partial charge in [0.2, 0.25) is 0 Å². The molecular weight excluding hydrogens is 418 g/mol. The van der Waals surface area contributed by atoms with E-state index in [1.54, 1.807) is 53.2 Å². The third-order valence-corrected chi connectivity index (χ3v) is 5.04. The number of rotatable bonds is 8. The van der Waals surface area contributed by atoms with Crippen LogP contribution < -0.4 is 15.4 Å². The minimum absolute atomic E-state index is 0.0835. The SMILES string of the molecule is CCNC(=O)c1ccc(-n2nnc(C(=O)NC3CC3)c2COc2ccc(Cl)cc2)cc1. The van der Waals surface area contributed by atoms with Crippen molar-refractivity contribution in [3.05, 3.63) is 70.5 Å². The Morgan fingerprint density at radius 3 is 2.45 bits per heavy atom. The Morgan fingerprint density at radius 1 is 1.10 bits per heavy atom. The molecule has 1 saturated carbocycles. The van der Waals surface area contributed by atoms with Crippen LogP contribution in [0.25, 0.3) is 5.69 Å². The van der Waals surface area contributed by atoms with Crippen LogP contribution in [0, 0.1) is 0 Å². The third-order valence-electron chi connectivity index (χ3n) is 4.79. The smallest absolute Gasteiger partial charge is 0.274 e. The Labute approximate surface area is 184 Å². The molecule has 31 heavy (non-hydrogen) atoms. The second kappa shape index (κ2) is 9.18. The van der Waals surface area contributed by atoms with Crippen LogP contribution in [0.5, 0.6) is 5.75 Å². The van der Waals surface area contributed by atoms with E-state index in [-0.39, 0.29) is 30.2 Å². The molecule has 1 aliphatic rings. The fraction of sp³-hybridized carbons (Fsp3) is 0.273. The fourth-order valence-electron chi connectivity index (χ4n) is 3.00. The van der Waals surface area contributed by atoms with Gasteiger partial charge >= 0.3 is 0 Å². The van der Waals surface area contributed by atoms with Gasteiger partial charge in [-0.25, -0.2) is 4.68 Å². The predicted octanol–water partition coefficient (Wildman–Crippen LogP) is 3.14. The molecule has 0 spiro atoms. The van der Waals surface area contributed by atoms with Crippen LogP contribution in [-0.2, 0) is 6.61 Å². The quantitative estimate of drug-likeness (QED) is 0.562. The number of hydrogen-bond acceptors (Lipinski definition) is 5. The first-order valence-corrected chi connectivity index (χ1v) is 10.5. The molecule has 9 heteroatoms. The molecule has 0 aliphatic heterocycles. The summed E-state index contributed by atoms with van der Waals surface area (Å²) in [5, 5.41) is 14.6. The van der Waals surface area contributed by atoms with Crippen molar-refractivity contribution >= 4 is 23.4 Å². The number of halogens is 1. The molecule has 0 bridgehead atoms. The zero-order valence-electron chi connectivity index (χ0n) is 17.0. The molecule has 0 atom stereocenters. The van der Waals surface area contributed by atoms with Gasteiger partial charge in [0.1, 0.15) is 18.1 Å². The molecule has 2 aromatic carbocycles. The van der Waals surface area contributed by atoms with Gasteiger partial charge in [-0.2, -0.15) is 0 Å². The maximum absolute atomic E-state index is 12.7. The maximum atomic E-state index is 12.7. The highest BCUT2D eigenvalue weighted by atomic mass is 35.5. The average molecular weight is 440 g/mol. The second-order valence-corrected chi connectivity index (χ2v) is 7.63. The number of ether oxygens (including phenoxy) is 1. The number of amides is 2. The van der Waals surface area contributed by atoms with Gasteiger partial charge in [-0.1, -0.05) is 16.8 Å². The number of hydrogen-bond donors (Lipinski definition) is 2. The topological polar surface area (TPSA) is 98.1 Å². The first-order chi connectivity index (χ1) is 15.0. The van der Waals surface area contributed by atoms with Crippen LogP contribution in [0.4, 0.5) is 0 Å². The van der Waals surface area contributed by atoms with Crippen LogP contribution >= 0.6 is 11.6 Å². The van der Waals surface area contributed by atoms with Gasteiger partial charge in [-0.3, -0.25) is 9.59 Å². The molecule has 2 N–H and O–H groups in total. The van der Waals surface area contributed by atoms with Gasteiger partial charge in [-0.15, -0.1) is 5.10 Å². The van der Waals surface area contributed by atoms with Gasteiger partial charge in [0, 0.05) is 23.2 Å². The van der Waals surface area contributed by atoms with Gasteiger partial charge in [0.25, 0.3) is 11.8 Å². The van der Waals surface area contributed by atoms with Crippen LogP contribution in [0.3, 0.4) is 0 Å². The van der Waals surface area contributed by atoms with E-state index in [1.807, 2.05) is 6.92 Å². The molecule has 0 saturated heterocycles. The fourth-order valence-corrected chi connectivity index (χ4v) is 3.12. The van der Waals surface area contributed by atoms with E-state index in [4.69, 9.17) is 16.3 Å². The number of nitrogens with zero attached hydrogens (tertiary/aromatic N) is 3. The molecule has 0 unspecified atom stereocenters. The minimum atomic E-state index is -0.276. The molecule has 8 nitrogen and oxygen atoms in total. The summed E-state index contributed by atoms with van der Waals surface area (Å²) in [4.78, 5) is 24.7. The van der Waals surface area contributed by atoms with Crippen molar-refractivity contribution in [3.63, 3.8) is 0 Å². The van der Waals surface area contributed by atoms with Crippen molar-refractivity contribution in [2.45, 2.75) is 32.4 Å². The summed E-state index contributed by atoms with van der Waals surface area (Å²) < 4.78 is 7.42. The highest BCUT2D eigenvalue weighted by molar-refractivity contribution is 6.30. The molecular formula is C22H22ClN5O3. The lowest BCUT2D eigenvalue weighted by molar-refractivity contribution is 0.0939. The van der Waals surface area contributed by atoms with Crippen molar-refractivity contribution in [1.82, 2.24) is 25.6 Å². The normalized spacial score (nSPS) is 13.0. The molecule has 4 rings (SSSR count). The highest BCUT2D eigenvalue weighted by Crippen LogP contribution is 2.22. The van der Waals surface area contributed by atoms with Gasteiger partial charge in [0.05, 0.1) is 5.69 Å². The summed E-state index contributed by atoms with van der Waals surface area (Å²) in [7, 11) is 0. The van der Waals surface area contributed by atoms with E-state index >= 15 is 0 Å². The summed E-state index contributed by atoms with van der Waals surface area (Å²) >= 11 is 5.93. The average Bonchev–Trinajstić information content (AvgIpc) is 3.49. The first-order valence-electron chi connectivity index (χ1n) is 10.1. The van der Waals surface area contributed by atoms with Crippen molar-refractivity contribution in [1.29, 1.82) is 0 Å². The molecule has 0 radical (unpaired) electrons. The Kier molecular flexibility index (Phi) is 6.18. The van der Waals surface area contributed by atoms with Crippen LogP contribution in [-0.4, -0.2) is 39.4 Å². The summed E-state index contributed by atoms with van der Waals surface area (Å²) in [6.45, 7) is 2.50. The number of carbonyl (C=O) groups excluding carboxylic acids is 2. The lowest BCUT2D eigenvalue weighted by Gasteiger charge is -2.11. The van der Waals surface area contributed by atoms with Crippen molar-refractivity contribution in [2.24, 2.45) is 0 Å². The molecule has 1 aliphatic carbocycles. The first kappa shape index (κ1) is 20.9.